The van der Waals surface area contributed by atoms with Gasteiger partial charge in [-0.25, -0.2) is 13.1 Å². The van der Waals surface area contributed by atoms with E-state index in [1.807, 2.05) is 4.72 Å². The first kappa shape index (κ1) is 14.3. The third-order valence-corrected chi connectivity index (χ3v) is 3.42. The normalized spacial score (nSPS) is 15.7. The number of methoxy groups -OCH3 is 1. The number of rotatable bonds is 6. The quantitative estimate of drug-likeness (QED) is 0.456. The van der Waals surface area contributed by atoms with E-state index in [-0.39, 0.29) is 6.54 Å². The van der Waals surface area contributed by atoms with Crippen molar-refractivity contribution >= 4 is 16.0 Å². The van der Waals surface area contributed by atoms with Gasteiger partial charge in [0.15, 0.2) is 5.25 Å². The zero-order chi connectivity index (χ0) is 12.1. The van der Waals surface area contributed by atoms with E-state index < -0.39 is 34.0 Å². The van der Waals surface area contributed by atoms with Crippen LogP contribution in [0.15, 0.2) is 0 Å². The van der Waals surface area contributed by atoms with E-state index in [9.17, 15) is 13.2 Å². The molecule has 15 heavy (non-hydrogen) atoms. The fourth-order valence-corrected chi connectivity index (χ4v) is 1.72. The number of hydrogen-bond acceptors (Lipinski definition) is 6. The first-order chi connectivity index (χ1) is 6.85. The lowest BCUT2D eigenvalue weighted by molar-refractivity contribution is -0.139. The molecule has 3 N–H and O–H groups in total. The van der Waals surface area contributed by atoms with Gasteiger partial charge in [0.2, 0.25) is 10.0 Å². The van der Waals surface area contributed by atoms with Crippen molar-refractivity contribution < 1.29 is 28.2 Å². The highest BCUT2D eigenvalue weighted by molar-refractivity contribution is 7.90. The Bertz CT molecular complexity index is 301. The summed E-state index contributed by atoms with van der Waals surface area (Å²) >= 11 is 0. The zero-order valence-corrected chi connectivity index (χ0v) is 9.32. The molecule has 0 saturated carbocycles. The van der Waals surface area contributed by atoms with Crippen molar-refractivity contribution in [3.63, 3.8) is 0 Å². The lowest BCUT2D eigenvalue weighted by atomic mass is 10.4. The molecule has 0 bridgehead atoms. The van der Waals surface area contributed by atoms with Crippen molar-refractivity contribution in [3.05, 3.63) is 0 Å². The molecule has 0 aliphatic rings. The zero-order valence-electron chi connectivity index (χ0n) is 8.50. The molecule has 0 spiro atoms. The molecule has 90 valence electrons. The third-order valence-electron chi connectivity index (χ3n) is 1.73. The van der Waals surface area contributed by atoms with Crippen LogP contribution in [0.1, 0.15) is 6.92 Å². The number of aliphatic hydroxyl groups excluding tert-OH is 2. The molecule has 0 fully saturated rings. The molecule has 0 radical (unpaired) electrons. The summed E-state index contributed by atoms with van der Waals surface area (Å²) in [4.78, 5) is 10.9. The SMILES string of the molecule is COC(=O)C(C)S(=O)(=O)NCC(O)CO. The van der Waals surface area contributed by atoms with Gasteiger partial charge in [0.1, 0.15) is 0 Å². The van der Waals surface area contributed by atoms with Gasteiger partial charge in [-0.15, -0.1) is 0 Å². The number of carbonyl (C=O) groups is 1. The molecule has 2 unspecified atom stereocenters. The molecular formula is C7H15NO6S. The van der Waals surface area contributed by atoms with Crippen LogP contribution in [0.3, 0.4) is 0 Å². The molecular weight excluding hydrogens is 226 g/mol. The highest BCUT2D eigenvalue weighted by Crippen LogP contribution is 2.00. The van der Waals surface area contributed by atoms with Crippen LogP contribution in [0, 0.1) is 0 Å². The number of sulfonamides is 1. The number of carbonyl (C=O) groups excluding carboxylic acids is 1. The highest BCUT2D eigenvalue weighted by Gasteiger charge is 2.28. The number of ether oxygens (including phenoxy) is 1. The average Bonchev–Trinajstić information content (AvgIpc) is 2.23. The maximum absolute atomic E-state index is 11.3. The first-order valence-electron chi connectivity index (χ1n) is 4.20. The summed E-state index contributed by atoms with van der Waals surface area (Å²) < 4.78 is 28.9. The van der Waals surface area contributed by atoms with Crippen molar-refractivity contribution in [1.29, 1.82) is 0 Å². The van der Waals surface area contributed by atoms with E-state index in [4.69, 9.17) is 10.2 Å². The fraction of sp³-hybridized carbons (Fsp3) is 0.857. The molecule has 0 aliphatic heterocycles. The standard InChI is InChI=1S/C7H15NO6S/c1-5(7(11)14-2)15(12,13)8-3-6(10)4-9/h5-6,8-10H,3-4H2,1-2H3. The number of nitrogens with one attached hydrogen (secondary N) is 1. The molecule has 0 rings (SSSR count). The van der Waals surface area contributed by atoms with E-state index >= 15 is 0 Å². The van der Waals surface area contributed by atoms with Gasteiger partial charge in [-0.1, -0.05) is 0 Å². The van der Waals surface area contributed by atoms with Crippen molar-refractivity contribution in [2.75, 3.05) is 20.3 Å². The monoisotopic (exact) mass is 241 g/mol. The molecule has 7 nitrogen and oxygen atoms in total. The van der Waals surface area contributed by atoms with E-state index in [1.54, 1.807) is 0 Å². The summed E-state index contributed by atoms with van der Waals surface area (Å²) in [6, 6.07) is 0. The van der Waals surface area contributed by atoms with Crippen LogP contribution in [-0.2, 0) is 19.6 Å². The maximum atomic E-state index is 11.3. The molecule has 0 aromatic heterocycles. The van der Waals surface area contributed by atoms with E-state index in [2.05, 4.69) is 4.74 Å². The first-order valence-corrected chi connectivity index (χ1v) is 5.75. The number of aliphatic hydroxyl groups is 2. The van der Waals surface area contributed by atoms with Crippen molar-refractivity contribution in [1.82, 2.24) is 4.72 Å². The topological polar surface area (TPSA) is 113 Å². The van der Waals surface area contributed by atoms with Gasteiger partial charge < -0.3 is 14.9 Å². The summed E-state index contributed by atoms with van der Waals surface area (Å²) in [6.07, 6.45) is -1.19. The summed E-state index contributed by atoms with van der Waals surface area (Å²) in [5, 5.41) is 16.0. The Morgan fingerprint density at radius 2 is 2.07 bits per heavy atom. The minimum atomic E-state index is -3.87. The second kappa shape index (κ2) is 6.01. The number of esters is 1. The Morgan fingerprint density at radius 1 is 1.53 bits per heavy atom. The van der Waals surface area contributed by atoms with Gasteiger partial charge in [-0.05, 0) is 6.92 Å². The van der Waals surface area contributed by atoms with E-state index in [0.717, 1.165) is 7.11 Å². The van der Waals surface area contributed by atoms with E-state index in [0.29, 0.717) is 0 Å². The molecule has 0 heterocycles. The smallest absolute Gasteiger partial charge is 0.325 e. The van der Waals surface area contributed by atoms with Gasteiger partial charge in [-0.3, -0.25) is 4.79 Å². The molecule has 0 aromatic carbocycles. The van der Waals surface area contributed by atoms with Crippen molar-refractivity contribution in [3.8, 4) is 0 Å². The lowest BCUT2D eigenvalue weighted by Gasteiger charge is -2.13. The molecule has 2 atom stereocenters. The molecule has 0 amide bonds. The predicted molar refractivity (Wildman–Crippen MR) is 51.5 cm³/mol. The highest BCUT2D eigenvalue weighted by atomic mass is 32.2. The summed E-state index contributed by atoms with van der Waals surface area (Å²) in [7, 11) is -2.79. The van der Waals surface area contributed by atoms with Crippen LogP contribution in [0.5, 0.6) is 0 Å². The van der Waals surface area contributed by atoms with Gasteiger partial charge in [-0.2, -0.15) is 0 Å². The van der Waals surface area contributed by atoms with Crippen LogP contribution in [0.4, 0.5) is 0 Å². The van der Waals surface area contributed by atoms with Crippen LogP contribution >= 0.6 is 0 Å². The van der Waals surface area contributed by atoms with Crippen molar-refractivity contribution in [2.45, 2.75) is 18.3 Å². The fourth-order valence-electron chi connectivity index (χ4n) is 0.695. The molecule has 0 aromatic rings. The molecule has 8 heteroatoms. The minimum absolute atomic E-state index is 0.347. The summed E-state index contributed by atoms with van der Waals surface area (Å²) in [5.41, 5.74) is 0. The second-order valence-corrected chi connectivity index (χ2v) is 4.98. The average molecular weight is 241 g/mol. The lowest BCUT2D eigenvalue weighted by Crippen LogP contribution is -2.42. The van der Waals surface area contributed by atoms with Crippen LogP contribution in [0.2, 0.25) is 0 Å². The van der Waals surface area contributed by atoms with Gasteiger partial charge in [0, 0.05) is 6.54 Å². The van der Waals surface area contributed by atoms with Crippen molar-refractivity contribution in [2.24, 2.45) is 0 Å². The third kappa shape index (κ3) is 4.56. The second-order valence-electron chi connectivity index (χ2n) is 2.90. The Morgan fingerprint density at radius 3 is 2.47 bits per heavy atom. The predicted octanol–water partition coefficient (Wildman–Crippen LogP) is -2.18. The molecule has 0 aliphatic carbocycles. The minimum Gasteiger partial charge on any atom is -0.468 e. The largest absolute Gasteiger partial charge is 0.468 e. The summed E-state index contributed by atoms with van der Waals surface area (Å²) in [5.74, 6) is -0.888. The van der Waals surface area contributed by atoms with Gasteiger partial charge in [0.25, 0.3) is 0 Å². The Balaban J connectivity index is 4.36. The van der Waals surface area contributed by atoms with Gasteiger partial charge in [0.05, 0.1) is 19.8 Å². The summed E-state index contributed by atoms with van der Waals surface area (Å²) in [6.45, 7) is 0.259. The Labute approximate surface area is 88.1 Å². The van der Waals surface area contributed by atoms with Gasteiger partial charge >= 0.3 is 5.97 Å². The molecule has 0 saturated heterocycles. The Kier molecular flexibility index (Phi) is 5.73. The van der Waals surface area contributed by atoms with Crippen LogP contribution in [-0.4, -0.2) is 56.2 Å². The Hall–Kier alpha value is -0.700. The van der Waals surface area contributed by atoms with Crippen LogP contribution in [0.25, 0.3) is 0 Å². The van der Waals surface area contributed by atoms with Crippen LogP contribution < -0.4 is 4.72 Å². The number of hydrogen-bond donors (Lipinski definition) is 3. The maximum Gasteiger partial charge on any atom is 0.325 e. The van der Waals surface area contributed by atoms with E-state index in [1.165, 1.54) is 6.92 Å².